The van der Waals surface area contributed by atoms with Crippen LogP contribution in [0.4, 0.5) is 0 Å². The number of aliphatic imine (C=N–C) groups is 1. The number of hydrogen-bond donors (Lipinski definition) is 0. The van der Waals surface area contributed by atoms with Crippen molar-refractivity contribution in [2.24, 2.45) is 10.9 Å². The van der Waals surface area contributed by atoms with Gasteiger partial charge in [-0.3, -0.25) is 14.5 Å². The van der Waals surface area contributed by atoms with Gasteiger partial charge in [-0.1, -0.05) is 37.7 Å². The molecule has 1 amide bonds. The summed E-state index contributed by atoms with van der Waals surface area (Å²) < 4.78 is 10.6. The number of allylic oxidation sites excluding steroid dienone is 1. The highest BCUT2D eigenvalue weighted by Gasteiger charge is 2.46. The van der Waals surface area contributed by atoms with Crippen molar-refractivity contribution in [1.29, 1.82) is 0 Å². The fraction of sp³-hybridized carbons (Fsp3) is 0.429. The van der Waals surface area contributed by atoms with E-state index in [2.05, 4.69) is 4.99 Å². The van der Waals surface area contributed by atoms with Crippen molar-refractivity contribution < 1.29 is 23.9 Å². The fourth-order valence-electron chi connectivity index (χ4n) is 3.18. The number of amidine groups is 1. The third-order valence-electron chi connectivity index (χ3n) is 4.48. The summed E-state index contributed by atoms with van der Waals surface area (Å²) in [5, 5.41) is 0.296. The third-order valence-corrected chi connectivity index (χ3v) is 5.54. The van der Waals surface area contributed by atoms with E-state index < -0.39 is 18.0 Å². The van der Waals surface area contributed by atoms with Crippen molar-refractivity contribution in [1.82, 2.24) is 4.90 Å². The van der Waals surface area contributed by atoms with Crippen LogP contribution in [0.5, 0.6) is 5.75 Å². The summed E-state index contributed by atoms with van der Waals surface area (Å²) in [6.07, 6.45) is 0. The average Bonchev–Trinajstić information content (AvgIpc) is 2.92. The summed E-state index contributed by atoms with van der Waals surface area (Å²) in [7, 11) is 0. The Balaban J connectivity index is 2.02. The third kappa shape index (κ3) is 4.37. The molecule has 1 saturated heterocycles. The predicted molar refractivity (Wildman–Crippen MR) is 110 cm³/mol. The molecule has 0 spiro atoms. The second-order valence-electron chi connectivity index (χ2n) is 7.42. The predicted octanol–water partition coefficient (Wildman–Crippen LogP) is 3.46. The summed E-state index contributed by atoms with van der Waals surface area (Å²) in [6.45, 7) is 9.10. The van der Waals surface area contributed by atoms with Gasteiger partial charge in [0.1, 0.15) is 5.75 Å². The molecule has 0 saturated carbocycles. The van der Waals surface area contributed by atoms with Crippen LogP contribution < -0.4 is 4.74 Å². The Morgan fingerprint density at radius 1 is 1.24 bits per heavy atom. The largest absolute Gasteiger partial charge is 0.462 e. The molecule has 3 rings (SSSR count). The molecule has 0 radical (unpaired) electrons. The van der Waals surface area contributed by atoms with Gasteiger partial charge in [-0.15, -0.1) is 0 Å². The van der Waals surface area contributed by atoms with Crippen LogP contribution in [-0.4, -0.2) is 39.8 Å². The molecule has 2 aliphatic rings. The quantitative estimate of drug-likeness (QED) is 0.540. The van der Waals surface area contributed by atoms with Gasteiger partial charge in [-0.2, -0.15) is 0 Å². The molecular weight excluding hydrogens is 392 g/mol. The van der Waals surface area contributed by atoms with E-state index in [-0.39, 0.29) is 23.7 Å². The van der Waals surface area contributed by atoms with Gasteiger partial charge in [0.05, 0.1) is 29.2 Å². The molecule has 8 heteroatoms. The maximum absolute atomic E-state index is 12.9. The van der Waals surface area contributed by atoms with E-state index in [0.29, 0.717) is 27.8 Å². The highest BCUT2D eigenvalue weighted by Crippen LogP contribution is 2.43. The van der Waals surface area contributed by atoms with Crippen LogP contribution >= 0.6 is 11.8 Å². The molecule has 0 unspecified atom stereocenters. The molecule has 0 N–H and O–H groups in total. The number of carbonyl (C=O) groups excluding carboxylic acids is 3. The van der Waals surface area contributed by atoms with Gasteiger partial charge in [0.15, 0.2) is 5.17 Å². The lowest BCUT2D eigenvalue weighted by atomic mass is 9.94. The van der Waals surface area contributed by atoms with Crippen molar-refractivity contribution in [3.63, 3.8) is 0 Å². The number of benzene rings is 1. The Morgan fingerprint density at radius 2 is 1.90 bits per heavy atom. The number of ether oxygens (including phenoxy) is 2. The molecule has 1 aromatic carbocycles. The molecule has 1 fully saturated rings. The minimum atomic E-state index is -0.640. The van der Waals surface area contributed by atoms with E-state index in [1.807, 2.05) is 20.8 Å². The first kappa shape index (κ1) is 21.1. The fourth-order valence-corrected chi connectivity index (χ4v) is 4.21. The van der Waals surface area contributed by atoms with Crippen molar-refractivity contribution in [3.05, 3.63) is 41.1 Å². The summed E-state index contributed by atoms with van der Waals surface area (Å²) in [6, 6.07) is 6.14. The minimum Gasteiger partial charge on any atom is -0.462 e. The lowest BCUT2D eigenvalue weighted by Gasteiger charge is -2.33. The molecule has 2 heterocycles. The van der Waals surface area contributed by atoms with Crippen LogP contribution in [0.3, 0.4) is 0 Å². The van der Waals surface area contributed by atoms with Gasteiger partial charge in [-0.25, -0.2) is 9.79 Å². The van der Waals surface area contributed by atoms with E-state index >= 15 is 0 Å². The van der Waals surface area contributed by atoms with Crippen molar-refractivity contribution in [3.8, 4) is 5.75 Å². The minimum absolute atomic E-state index is 0.107. The molecule has 1 aromatic rings. The second kappa shape index (κ2) is 8.41. The number of amides is 1. The van der Waals surface area contributed by atoms with Crippen molar-refractivity contribution in [2.75, 3.05) is 6.61 Å². The molecule has 2 atom stereocenters. The topological polar surface area (TPSA) is 85.3 Å². The van der Waals surface area contributed by atoms with Crippen molar-refractivity contribution >= 4 is 34.8 Å². The Morgan fingerprint density at radius 3 is 2.48 bits per heavy atom. The zero-order valence-electron chi connectivity index (χ0n) is 17.1. The first-order valence-corrected chi connectivity index (χ1v) is 10.3. The number of carbonyl (C=O) groups is 3. The highest BCUT2D eigenvalue weighted by molar-refractivity contribution is 8.15. The molecule has 29 heavy (non-hydrogen) atoms. The zero-order valence-corrected chi connectivity index (χ0v) is 17.9. The lowest BCUT2D eigenvalue weighted by Crippen LogP contribution is -2.40. The summed E-state index contributed by atoms with van der Waals surface area (Å²) in [5.74, 6) is -0.424. The van der Waals surface area contributed by atoms with Crippen LogP contribution in [-0.2, 0) is 19.1 Å². The zero-order chi connectivity index (χ0) is 21.3. The molecule has 2 aliphatic heterocycles. The Hall–Kier alpha value is -2.61. The Labute approximate surface area is 174 Å². The first-order valence-electron chi connectivity index (χ1n) is 9.43. The summed E-state index contributed by atoms with van der Waals surface area (Å²) in [4.78, 5) is 43.0. The molecule has 0 aliphatic carbocycles. The maximum atomic E-state index is 12.9. The van der Waals surface area contributed by atoms with Crippen LogP contribution in [0, 0.1) is 5.92 Å². The average molecular weight is 416 g/mol. The smallest absolute Gasteiger partial charge is 0.338 e. The summed E-state index contributed by atoms with van der Waals surface area (Å²) in [5.41, 5.74) is 1.60. The first-order chi connectivity index (χ1) is 13.7. The van der Waals surface area contributed by atoms with Crippen LogP contribution in [0.15, 0.2) is 40.5 Å². The number of esters is 2. The lowest BCUT2D eigenvalue weighted by molar-refractivity contribution is -0.141. The molecule has 154 valence electrons. The number of hydrogen-bond acceptors (Lipinski definition) is 7. The molecular formula is C21H24N2O5S. The van der Waals surface area contributed by atoms with Crippen LogP contribution in [0.25, 0.3) is 0 Å². The van der Waals surface area contributed by atoms with E-state index in [1.165, 1.54) is 18.7 Å². The molecule has 0 aromatic heterocycles. The molecule has 0 bridgehead atoms. The number of rotatable bonds is 5. The van der Waals surface area contributed by atoms with Gasteiger partial charge in [-0.05, 0) is 37.5 Å². The van der Waals surface area contributed by atoms with Crippen LogP contribution in [0.2, 0.25) is 0 Å². The van der Waals surface area contributed by atoms with Gasteiger partial charge >= 0.3 is 11.9 Å². The number of thioether (sulfide) groups is 1. The number of fused-ring (bicyclic) bond motifs is 1. The van der Waals surface area contributed by atoms with E-state index in [0.717, 1.165) is 0 Å². The van der Waals surface area contributed by atoms with E-state index in [4.69, 9.17) is 9.47 Å². The Bertz CT molecular complexity index is 904. The number of nitrogens with zero attached hydrogens (tertiary/aromatic N) is 2. The summed E-state index contributed by atoms with van der Waals surface area (Å²) >= 11 is 1.37. The second-order valence-corrected chi connectivity index (χ2v) is 8.73. The monoisotopic (exact) mass is 416 g/mol. The molecule has 7 nitrogen and oxygen atoms in total. The standard InChI is InChI=1S/C21H24N2O5S/c1-11(2)10-27-20(26)17-12(3)22-21-23(19(25)13(4)29-21)18(17)15-6-8-16(9-7-15)28-14(5)24/h6-9,11,13,18H,10H2,1-5H3/t13-,18-/m1/s1. The van der Waals surface area contributed by atoms with Crippen LogP contribution in [0.1, 0.15) is 46.2 Å². The van der Waals surface area contributed by atoms with E-state index in [9.17, 15) is 14.4 Å². The normalized spacial score (nSPS) is 21.2. The van der Waals surface area contributed by atoms with Gasteiger partial charge in [0.2, 0.25) is 5.91 Å². The maximum Gasteiger partial charge on any atom is 0.338 e. The van der Waals surface area contributed by atoms with Gasteiger partial charge in [0, 0.05) is 6.92 Å². The Kier molecular flexibility index (Phi) is 6.12. The van der Waals surface area contributed by atoms with E-state index in [1.54, 1.807) is 36.1 Å². The van der Waals surface area contributed by atoms with Crippen molar-refractivity contribution in [2.45, 2.75) is 45.9 Å². The van der Waals surface area contributed by atoms with Gasteiger partial charge < -0.3 is 9.47 Å². The van der Waals surface area contributed by atoms with Gasteiger partial charge in [0.25, 0.3) is 0 Å². The highest BCUT2D eigenvalue weighted by atomic mass is 32.2. The SMILES string of the molecule is CC(=O)Oc1ccc([C@@H]2C(C(=O)OCC(C)C)=C(C)N=C3S[C@H](C)C(=O)N32)cc1.